The summed E-state index contributed by atoms with van der Waals surface area (Å²) >= 11 is 0. The minimum atomic E-state index is -0.509. The quantitative estimate of drug-likeness (QED) is 0.878. The van der Waals surface area contributed by atoms with Gasteiger partial charge in [0.05, 0.1) is 0 Å². The van der Waals surface area contributed by atoms with E-state index in [2.05, 4.69) is 10.2 Å². The number of benzene rings is 1. The van der Waals surface area contributed by atoms with Gasteiger partial charge in [0.1, 0.15) is 11.6 Å². The maximum atomic E-state index is 12.9. The van der Waals surface area contributed by atoms with Crippen LogP contribution < -0.4 is 5.32 Å². The van der Waals surface area contributed by atoms with E-state index in [0.717, 1.165) is 19.2 Å². The van der Waals surface area contributed by atoms with E-state index in [1.165, 1.54) is 12.1 Å². The summed E-state index contributed by atoms with van der Waals surface area (Å²) in [4.78, 5) is 2.10. The summed E-state index contributed by atoms with van der Waals surface area (Å²) in [6.07, 6.45) is 0. The van der Waals surface area contributed by atoms with Crippen LogP contribution in [-0.4, -0.2) is 31.1 Å². The molecule has 1 aliphatic rings. The molecule has 0 spiro atoms. The number of likely N-dealkylation sites (N-methyl/N-ethyl adjacent to an activating group) is 1. The fourth-order valence-corrected chi connectivity index (χ4v) is 1.70. The van der Waals surface area contributed by atoms with Gasteiger partial charge in [0.15, 0.2) is 0 Å². The van der Waals surface area contributed by atoms with E-state index in [9.17, 15) is 8.78 Å². The highest BCUT2D eigenvalue weighted by Gasteiger charge is 2.21. The number of nitrogens with zero attached hydrogens (tertiary/aromatic N) is 1. The lowest BCUT2D eigenvalue weighted by molar-refractivity contribution is 0.173. The molecule has 5 heteroatoms. The predicted molar refractivity (Wildman–Crippen MR) is 61.7 cm³/mol. The summed E-state index contributed by atoms with van der Waals surface area (Å²) in [5.74, 6) is -1.02. The van der Waals surface area contributed by atoms with E-state index >= 15 is 0 Å². The van der Waals surface area contributed by atoms with Crippen molar-refractivity contribution in [3.63, 3.8) is 0 Å². The second kappa shape index (κ2) is 5.57. The maximum Gasteiger partial charge on any atom is 0.126 e. The van der Waals surface area contributed by atoms with Crippen LogP contribution >= 0.6 is 12.4 Å². The molecule has 16 heavy (non-hydrogen) atoms. The Morgan fingerprint density at radius 1 is 1.25 bits per heavy atom. The second-order valence-electron chi connectivity index (χ2n) is 4.00. The number of hydrogen-bond acceptors (Lipinski definition) is 2. The van der Waals surface area contributed by atoms with E-state index in [4.69, 9.17) is 0 Å². The van der Waals surface area contributed by atoms with Crippen molar-refractivity contribution in [1.82, 2.24) is 10.2 Å². The van der Waals surface area contributed by atoms with Gasteiger partial charge in [-0.2, -0.15) is 0 Å². The third-order valence-electron chi connectivity index (χ3n) is 2.74. The zero-order valence-corrected chi connectivity index (χ0v) is 9.86. The van der Waals surface area contributed by atoms with Gasteiger partial charge in [0.25, 0.3) is 0 Å². The molecule has 90 valence electrons. The van der Waals surface area contributed by atoms with Gasteiger partial charge in [-0.25, -0.2) is 8.78 Å². The molecule has 2 rings (SSSR count). The van der Waals surface area contributed by atoms with Gasteiger partial charge < -0.3 is 5.32 Å². The zero-order valence-electron chi connectivity index (χ0n) is 9.04. The molecule has 2 nitrogen and oxygen atoms in total. The molecule has 0 unspecified atom stereocenters. The second-order valence-corrected chi connectivity index (χ2v) is 4.00. The van der Waals surface area contributed by atoms with Crippen molar-refractivity contribution >= 4 is 12.4 Å². The van der Waals surface area contributed by atoms with Gasteiger partial charge in [0, 0.05) is 31.7 Å². The van der Waals surface area contributed by atoms with Crippen LogP contribution in [0.1, 0.15) is 5.56 Å². The van der Waals surface area contributed by atoms with Crippen molar-refractivity contribution in [3.8, 4) is 0 Å². The minimum absolute atomic E-state index is 0. The van der Waals surface area contributed by atoms with Crippen molar-refractivity contribution in [3.05, 3.63) is 35.4 Å². The van der Waals surface area contributed by atoms with Gasteiger partial charge in [-0.3, -0.25) is 4.90 Å². The molecule has 0 amide bonds. The highest BCUT2D eigenvalue weighted by Crippen LogP contribution is 2.12. The Morgan fingerprint density at radius 3 is 2.25 bits per heavy atom. The largest absolute Gasteiger partial charge is 0.314 e. The van der Waals surface area contributed by atoms with Crippen LogP contribution in [0.3, 0.4) is 0 Å². The van der Waals surface area contributed by atoms with Crippen LogP contribution in [0, 0.1) is 11.6 Å². The smallest absolute Gasteiger partial charge is 0.126 e. The third kappa shape index (κ3) is 3.14. The first-order valence-electron chi connectivity index (χ1n) is 5.01. The Balaban J connectivity index is 0.00000128. The lowest BCUT2D eigenvalue weighted by atomic mass is 10.1. The van der Waals surface area contributed by atoms with E-state index in [0.29, 0.717) is 18.2 Å². The summed E-state index contributed by atoms with van der Waals surface area (Å²) < 4.78 is 25.8. The molecule has 0 atom stereocenters. The predicted octanol–water partition coefficient (Wildman–Crippen LogP) is 1.79. The topological polar surface area (TPSA) is 15.3 Å². The van der Waals surface area contributed by atoms with Crippen LogP contribution in [0.25, 0.3) is 0 Å². The molecule has 0 radical (unpaired) electrons. The van der Waals surface area contributed by atoms with E-state index in [1.54, 1.807) is 0 Å². The van der Waals surface area contributed by atoms with E-state index in [1.807, 2.05) is 7.05 Å². The summed E-state index contributed by atoms with van der Waals surface area (Å²) in [5, 5.41) is 3.16. The lowest BCUT2D eigenvalue weighted by Gasteiger charge is -2.35. The van der Waals surface area contributed by atoms with Crippen molar-refractivity contribution in [2.24, 2.45) is 0 Å². The zero-order chi connectivity index (χ0) is 10.8. The number of rotatable bonds is 3. The molecule has 0 aromatic heterocycles. The van der Waals surface area contributed by atoms with Crippen LogP contribution in [0.4, 0.5) is 8.78 Å². The number of hydrogen-bond donors (Lipinski definition) is 1. The lowest BCUT2D eigenvalue weighted by Crippen LogP contribution is -2.55. The summed E-state index contributed by atoms with van der Waals surface area (Å²) in [7, 11) is 1.97. The van der Waals surface area contributed by atoms with Crippen LogP contribution in [-0.2, 0) is 6.54 Å². The first-order valence-corrected chi connectivity index (χ1v) is 5.01. The monoisotopic (exact) mass is 248 g/mol. The Kier molecular flexibility index (Phi) is 4.65. The van der Waals surface area contributed by atoms with E-state index in [-0.39, 0.29) is 12.4 Å². The molecule has 1 N–H and O–H groups in total. The number of nitrogens with one attached hydrogen (secondary N) is 1. The summed E-state index contributed by atoms with van der Waals surface area (Å²) in [6.45, 7) is 2.49. The summed E-state index contributed by atoms with van der Waals surface area (Å²) in [6, 6.07) is 4.14. The SMILES string of the molecule is CN(Cc1cc(F)cc(F)c1)C1CNC1.Cl. The van der Waals surface area contributed by atoms with Crippen molar-refractivity contribution in [1.29, 1.82) is 0 Å². The highest BCUT2D eigenvalue weighted by molar-refractivity contribution is 5.85. The molecular weight excluding hydrogens is 234 g/mol. The van der Waals surface area contributed by atoms with E-state index < -0.39 is 11.6 Å². The average Bonchev–Trinajstić information content (AvgIpc) is 1.96. The fraction of sp³-hybridized carbons (Fsp3) is 0.455. The molecule has 0 saturated carbocycles. The standard InChI is InChI=1S/C11H14F2N2.ClH/c1-15(11-5-14-6-11)7-8-2-9(12)4-10(13)3-8;/h2-4,11,14H,5-7H2,1H3;1H. The Hall–Kier alpha value is -0.710. The Morgan fingerprint density at radius 2 is 1.81 bits per heavy atom. The molecular formula is C11H15ClF2N2. The Labute approximate surface area is 100 Å². The summed E-state index contributed by atoms with van der Waals surface area (Å²) in [5.41, 5.74) is 0.682. The molecule has 1 saturated heterocycles. The molecule has 1 aromatic rings. The van der Waals surface area contributed by atoms with Gasteiger partial charge in [-0.15, -0.1) is 12.4 Å². The van der Waals surface area contributed by atoms with Crippen molar-refractivity contribution < 1.29 is 8.78 Å². The third-order valence-corrected chi connectivity index (χ3v) is 2.74. The molecule has 1 heterocycles. The van der Waals surface area contributed by atoms with Crippen LogP contribution in [0.2, 0.25) is 0 Å². The number of halogens is 3. The van der Waals surface area contributed by atoms with Gasteiger partial charge in [-0.1, -0.05) is 0 Å². The molecule has 1 fully saturated rings. The van der Waals surface area contributed by atoms with Gasteiger partial charge in [0.2, 0.25) is 0 Å². The molecule has 1 aliphatic heterocycles. The van der Waals surface area contributed by atoms with Crippen LogP contribution in [0.15, 0.2) is 18.2 Å². The van der Waals surface area contributed by atoms with Crippen molar-refractivity contribution in [2.75, 3.05) is 20.1 Å². The first-order chi connectivity index (χ1) is 7.15. The van der Waals surface area contributed by atoms with Crippen LogP contribution in [0.5, 0.6) is 0 Å². The highest BCUT2D eigenvalue weighted by atomic mass is 35.5. The minimum Gasteiger partial charge on any atom is -0.314 e. The van der Waals surface area contributed by atoms with Gasteiger partial charge >= 0.3 is 0 Å². The normalized spacial score (nSPS) is 15.8. The first kappa shape index (κ1) is 13.4. The Bertz CT molecular complexity index is 336. The fourth-order valence-electron chi connectivity index (χ4n) is 1.70. The maximum absolute atomic E-state index is 12.9. The molecule has 0 aliphatic carbocycles. The van der Waals surface area contributed by atoms with Gasteiger partial charge in [-0.05, 0) is 24.7 Å². The average molecular weight is 249 g/mol. The van der Waals surface area contributed by atoms with Crippen molar-refractivity contribution in [2.45, 2.75) is 12.6 Å². The molecule has 0 bridgehead atoms. The molecule has 1 aromatic carbocycles.